The van der Waals surface area contributed by atoms with Crippen LogP contribution in [0.5, 0.6) is 0 Å². The van der Waals surface area contributed by atoms with E-state index in [0.29, 0.717) is 0 Å². The highest BCUT2D eigenvalue weighted by molar-refractivity contribution is 5.15. The first-order valence-electron chi connectivity index (χ1n) is 11.6. The molecule has 1 aromatic carbocycles. The summed E-state index contributed by atoms with van der Waals surface area (Å²) in [5, 5.41) is 0. The molecule has 0 aliphatic heterocycles. The maximum atomic E-state index is 2.64. The third-order valence-electron chi connectivity index (χ3n) is 6.40. The van der Waals surface area contributed by atoms with Crippen molar-refractivity contribution in [1.29, 1.82) is 0 Å². The van der Waals surface area contributed by atoms with Gasteiger partial charge in [-0.05, 0) is 62.3 Å². The molecule has 0 nitrogen and oxygen atoms in total. The second-order valence-electron chi connectivity index (χ2n) is 8.46. The summed E-state index contributed by atoms with van der Waals surface area (Å²) in [6.45, 7) is 4.69. The predicted molar refractivity (Wildman–Crippen MR) is 117 cm³/mol. The highest BCUT2D eigenvalue weighted by atomic mass is 14.2. The largest absolute Gasteiger partial charge is 0.0848 e. The molecule has 26 heavy (non-hydrogen) atoms. The van der Waals surface area contributed by atoms with Crippen LogP contribution in [0.4, 0.5) is 0 Å². The Morgan fingerprint density at radius 1 is 0.923 bits per heavy atom. The first-order chi connectivity index (χ1) is 12.8. The van der Waals surface area contributed by atoms with E-state index in [-0.39, 0.29) is 0 Å². The molecule has 0 spiro atoms. The van der Waals surface area contributed by atoms with Crippen molar-refractivity contribution in [1.82, 2.24) is 0 Å². The third kappa shape index (κ3) is 8.11. The Balaban J connectivity index is 1.63. The zero-order chi connectivity index (χ0) is 18.5. The smallest absolute Gasteiger partial charge is 0.0206 e. The molecule has 2 unspecified atom stereocenters. The van der Waals surface area contributed by atoms with Gasteiger partial charge in [0.2, 0.25) is 0 Å². The average molecular weight is 355 g/mol. The summed E-state index contributed by atoms with van der Waals surface area (Å²) in [5.41, 5.74) is 3.29. The fourth-order valence-electron chi connectivity index (χ4n) is 4.60. The molecule has 0 amide bonds. The van der Waals surface area contributed by atoms with Crippen LogP contribution in [-0.2, 0) is 6.42 Å². The quantitative estimate of drug-likeness (QED) is 0.246. The van der Waals surface area contributed by atoms with Gasteiger partial charge in [-0.1, -0.05) is 101 Å². The van der Waals surface area contributed by atoms with E-state index in [1.54, 1.807) is 5.57 Å². The lowest BCUT2D eigenvalue weighted by molar-refractivity contribution is 0.388. The molecule has 0 radical (unpaired) electrons. The molecule has 1 aromatic rings. The fourth-order valence-corrected chi connectivity index (χ4v) is 4.60. The number of hydrogen-bond donors (Lipinski definition) is 0. The van der Waals surface area contributed by atoms with Crippen LogP contribution in [0.3, 0.4) is 0 Å². The summed E-state index contributed by atoms with van der Waals surface area (Å²) in [5.74, 6) is 1.82. The van der Waals surface area contributed by atoms with Crippen molar-refractivity contribution in [2.75, 3.05) is 0 Å². The Kier molecular flexibility index (Phi) is 10.8. The molecule has 146 valence electrons. The molecule has 2 rings (SSSR count). The highest BCUT2D eigenvalue weighted by Crippen LogP contribution is 2.34. The first-order valence-corrected chi connectivity index (χ1v) is 11.6. The van der Waals surface area contributed by atoms with E-state index in [0.717, 1.165) is 11.8 Å². The topological polar surface area (TPSA) is 0 Å². The molecule has 0 N–H and O–H groups in total. The number of unbranched alkanes of at least 4 members (excludes halogenated alkanes) is 5. The van der Waals surface area contributed by atoms with Gasteiger partial charge >= 0.3 is 0 Å². The van der Waals surface area contributed by atoms with Crippen molar-refractivity contribution >= 4 is 0 Å². The van der Waals surface area contributed by atoms with Crippen LogP contribution < -0.4 is 0 Å². The van der Waals surface area contributed by atoms with Gasteiger partial charge in [-0.3, -0.25) is 0 Å². The fraction of sp³-hybridized carbons (Fsp3) is 0.692. The Hall–Kier alpha value is -1.04. The number of aryl methyl sites for hydroxylation is 1. The molecule has 0 saturated heterocycles. The van der Waals surface area contributed by atoms with Crippen LogP contribution in [-0.4, -0.2) is 0 Å². The maximum absolute atomic E-state index is 2.64. The standard InChI is InChI=1S/C26H42/c1-3-5-6-7-8-10-16-24-19-21-26(22-20-24)25(4-2)18-13-17-23-14-11-9-12-15-23/h9,11-12,14-15,21,24-25H,3-8,10,13,16-20,22H2,1-2H3. The van der Waals surface area contributed by atoms with Crippen LogP contribution >= 0.6 is 0 Å². The first kappa shape index (κ1) is 21.3. The van der Waals surface area contributed by atoms with E-state index in [4.69, 9.17) is 0 Å². The molecule has 0 heteroatoms. The number of benzene rings is 1. The SMILES string of the molecule is CCCCCCCCC1CC=C(C(CC)CCCc2ccccc2)CC1. The molecule has 0 bridgehead atoms. The third-order valence-corrected chi connectivity index (χ3v) is 6.40. The Morgan fingerprint density at radius 3 is 2.38 bits per heavy atom. The van der Waals surface area contributed by atoms with Crippen LogP contribution in [0.1, 0.15) is 103 Å². The molecule has 0 aromatic heterocycles. The van der Waals surface area contributed by atoms with Gasteiger partial charge in [0.1, 0.15) is 0 Å². The molecule has 1 aliphatic rings. The number of allylic oxidation sites excluding steroid dienone is 2. The van der Waals surface area contributed by atoms with E-state index in [9.17, 15) is 0 Å². The monoisotopic (exact) mass is 354 g/mol. The van der Waals surface area contributed by atoms with Crippen molar-refractivity contribution in [3.05, 3.63) is 47.5 Å². The van der Waals surface area contributed by atoms with Crippen molar-refractivity contribution in [2.45, 2.75) is 104 Å². The molecular formula is C26H42. The van der Waals surface area contributed by atoms with Crippen molar-refractivity contribution in [3.8, 4) is 0 Å². The van der Waals surface area contributed by atoms with E-state index in [1.165, 1.54) is 95.5 Å². The molecule has 1 aliphatic carbocycles. The van der Waals surface area contributed by atoms with E-state index >= 15 is 0 Å². The minimum Gasteiger partial charge on any atom is -0.0848 e. The zero-order valence-corrected chi connectivity index (χ0v) is 17.5. The van der Waals surface area contributed by atoms with Gasteiger partial charge in [-0.2, -0.15) is 0 Å². The van der Waals surface area contributed by atoms with Crippen LogP contribution in [0.25, 0.3) is 0 Å². The van der Waals surface area contributed by atoms with E-state index in [1.807, 2.05) is 0 Å². The highest BCUT2D eigenvalue weighted by Gasteiger charge is 2.19. The van der Waals surface area contributed by atoms with E-state index < -0.39 is 0 Å². The van der Waals surface area contributed by atoms with Crippen LogP contribution in [0, 0.1) is 11.8 Å². The lowest BCUT2D eigenvalue weighted by Crippen LogP contribution is -2.12. The summed E-state index contributed by atoms with van der Waals surface area (Å²) in [4.78, 5) is 0. The summed E-state index contributed by atoms with van der Waals surface area (Å²) in [7, 11) is 0. The van der Waals surface area contributed by atoms with Crippen molar-refractivity contribution in [2.24, 2.45) is 11.8 Å². The van der Waals surface area contributed by atoms with Gasteiger partial charge in [0, 0.05) is 0 Å². The van der Waals surface area contributed by atoms with E-state index in [2.05, 4.69) is 50.3 Å². The molecule has 0 heterocycles. The van der Waals surface area contributed by atoms with Gasteiger partial charge in [0.15, 0.2) is 0 Å². The summed E-state index contributed by atoms with van der Waals surface area (Å²) < 4.78 is 0. The van der Waals surface area contributed by atoms with Crippen molar-refractivity contribution < 1.29 is 0 Å². The van der Waals surface area contributed by atoms with Gasteiger partial charge < -0.3 is 0 Å². The summed E-state index contributed by atoms with van der Waals surface area (Å²) >= 11 is 0. The number of hydrogen-bond acceptors (Lipinski definition) is 0. The minimum atomic E-state index is 0.841. The van der Waals surface area contributed by atoms with Gasteiger partial charge in [-0.25, -0.2) is 0 Å². The summed E-state index contributed by atoms with van der Waals surface area (Å²) in [6, 6.07) is 11.0. The van der Waals surface area contributed by atoms with Gasteiger partial charge in [0.25, 0.3) is 0 Å². The summed E-state index contributed by atoms with van der Waals surface area (Å²) in [6.07, 6.45) is 22.2. The van der Waals surface area contributed by atoms with Gasteiger partial charge in [-0.15, -0.1) is 0 Å². The normalized spacial score (nSPS) is 18.5. The molecular weight excluding hydrogens is 312 g/mol. The van der Waals surface area contributed by atoms with Gasteiger partial charge in [0.05, 0.1) is 0 Å². The number of rotatable bonds is 13. The minimum absolute atomic E-state index is 0.841. The zero-order valence-electron chi connectivity index (χ0n) is 17.5. The Labute approximate surface area is 163 Å². The second-order valence-corrected chi connectivity index (χ2v) is 8.46. The predicted octanol–water partition coefficient (Wildman–Crippen LogP) is 8.51. The maximum Gasteiger partial charge on any atom is -0.0206 e. The lowest BCUT2D eigenvalue weighted by atomic mass is 9.79. The van der Waals surface area contributed by atoms with Crippen molar-refractivity contribution in [3.63, 3.8) is 0 Å². The Morgan fingerprint density at radius 2 is 1.69 bits per heavy atom. The van der Waals surface area contributed by atoms with Crippen LogP contribution in [0.15, 0.2) is 42.0 Å². The average Bonchev–Trinajstić information content (AvgIpc) is 2.69. The lowest BCUT2D eigenvalue weighted by Gasteiger charge is -2.27. The Bertz CT molecular complexity index is 484. The molecule has 0 saturated carbocycles. The second kappa shape index (κ2) is 13.2. The molecule has 0 fully saturated rings. The van der Waals surface area contributed by atoms with Crippen LogP contribution in [0.2, 0.25) is 0 Å². The molecule has 2 atom stereocenters.